The molecule has 21 heteroatoms. The normalized spacial score (nSPS) is 31.2. The van der Waals surface area contributed by atoms with Crippen LogP contribution in [0.5, 0.6) is 0 Å². The Morgan fingerprint density at radius 1 is 0.586 bits per heavy atom. The SMILES string of the molecule is CCCC[C@H](CCC[C@H](O)[C@H](O)CCCCCCCCCCCCCC[C@H](O)C(=O)O)O[C@H]1OC[C@H](O)C(O)[C@@H]1OC1OC[C@H](O)[C@@H](O)[C@@H]1O[C@H]1OC(COC(=O)CC(C)C)[C@H](OC(C)=O)[C@@H](O)[C@@H]1O. The van der Waals surface area contributed by atoms with Gasteiger partial charge in [0.25, 0.3) is 0 Å². The molecule has 0 bridgehead atoms. The number of carbonyl (C=O) groups is 3. The van der Waals surface area contributed by atoms with Gasteiger partial charge >= 0.3 is 17.9 Å². The van der Waals surface area contributed by atoms with Crippen LogP contribution in [0.15, 0.2) is 0 Å². The maximum Gasteiger partial charge on any atom is 0.332 e. The molecule has 410 valence electrons. The molecule has 3 saturated heterocycles. The van der Waals surface area contributed by atoms with Crippen LogP contribution in [0.1, 0.15) is 163 Å². The van der Waals surface area contributed by atoms with Gasteiger partial charge in [-0.25, -0.2) is 4.79 Å². The van der Waals surface area contributed by atoms with Crippen molar-refractivity contribution < 1.29 is 103 Å². The van der Waals surface area contributed by atoms with Gasteiger partial charge in [-0.15, -0.1) is 0 Å². The molecule has 3 fully saturated rings. The van der Waals surface area contributed by atoms with Crippen molar-refractivity contribution in [2.75, 3.05) is 19.8 Å². The first-order chi connectivity index (χ1) is 33.3. The first-order valence-corrected chi connectivity index (χ1v) is 25.9. The molecule has 3 aliphatic heterocycles. The summed E-state index contributed by atoms with van der Waals surface area (Å²) in [7, 11) is 0. The number of aliphatic carboxylic acids is 1. The second-order valence-electron chi connectivity index (χ2n) is 19.7. The largest absolute Gasteiger partial charge is 0.479 e. The number of hydrogen-bond acceptors (Lipinski definition) is 20. The topological polar surface area (TPSA) is 327 Å². The lowest BCUT2D eigenvalue weighted by Crippen LogP contribution is -2.65. The van der Waals surface area contributed by atoms with Gasteiger partial charge in [-0.1, -0.05) is 111 Å². The van der Waals surface area contributed by atoms with E-state index in [0.29, 0.717) is 38.5 Å². The minimum Gasteiger partial charge on any atom is -0.479 e. The summed E-state index contributed by atoms with van der Waals surface area (Å²) in [6.45, 7) is 5.41. The molecule has 0 aromatic rings. The third-order valence-electron chi connectivity index (χ3n) is 13.1. The van der Waals surface area contributed by atoms with Gasteiger partial charge in [0.1, 0.15) is 61.5 Å². The lowest BCUT2D eigenvalue weighted by molar-refractivity contribution is -0.380. The van der Waals surface area contributed by atoms with Crippen LogP contribution in [0.2, 0.25) is 0 Å². The van der Waals surface area contributed by atoms with E-state index in [-0.39, 0.29) is 18.9 Å². The van der Waals surface area contributed by atoms with Crippen LogP contribution in [0.3, 0.4) is 0 Å². The number of aliphatic hydroxyl groups is 9. The highest BCUT2D eigenvalue weighted by Crippen LogP contribution is 2.33. The summed E-state index contributed by atoms with van der Waals surface area (Å²) in [5, 5.41) is 106. The van der Waals surface area contributed by atoms with E-state index < -0.39 is 135 Å². The summed E-state index contributed by atoms with van der Waals surface area (Å²) in [6, 6.07) is 0. The van der Waals surface area contributed by atoms with Gasteiger partial charge in [0, 0.05) is 13.3 Å². The van der Waals surface area contributed by atoms with Gasteiger partial charge in [0.2, 0.25) is 0 Å². The number of unbranched alkanes of at least 4 members (excludes halogenated alkanes) is 12. The molecule has 0 aliphatic carbocycles. The summed E-state index contributed by atoms with van der Waals surface area (Å²) in [6.07, 6.45) is -7.77. The van der Waals surface area contributed by atoms with Crippen molar-refractivity contribution >= 4 is 17.9 Å². The molecule has 3 heterocycles. The zero-order valence-corrected chi connectivity index (χ0v) is 41.8. The predicted molar refractivity (Wildman–Crippen MR) is 248 cm³/mol. The van der Waals surface area contributed by atoms with Crippen LogP contribution in [-0.4, -0.2) is 193 Å². The zero-order chi connectivity index (χ0) is 51.8. The maximum absolute atomic E-state index is 12.4. The Bertz CT molecular complexity index is 1440. The van der Waals surface area contributed by atoms with Crippen LogP contribution in [0.4, 0.5) is 0 Å². The Kier molecular flexibility index (Phi) is 29.8. The Labute approximate surface area is 413 Å². The Morgan fingerprint density at radius 3 is 1.60 bits per heavy atom. The fourth-order valence-corrected chi connectivity index (χ4v) is 8.85. The van der Waals surface area contributed by atoms with Gasteiger partial charge < -0.3 is 89.0 Å². The average Bonchev–Trinajstić information content (AvgIpc) is 3.31. The third-order valence-corrected chi connectivity index (χ3v) is 13.1. The zero-order valence-electron chi connectivity index (χ0n) is 41.8. The molecular weight excluding hydrogens is 925 g/mol. The highest BCUT2D eigenvalue weighted by atomic mass is 16.8. The maximum atomic E-state index is 12.4. The number of rotatable bonds is 35. The Hall–Kier alpha value is -2.19. The van der Waals surface area contributed by atoms with Gasteiger partial charge in [0.15, 0.2) is 31.1 Å². The summed E-state index contributed by atoms with van der Waals surface area (Å²) < 4.78 is 46.5. The summed E-state index contributed by atoms with van der Waals surface area (Å²) in [5.74, 6) is -2.62. The van der Waals surface area contributed by atoms with Crippen LogP contribution >= 0.6 is 0 Å². The van der Waals surface area contributed by atoms with E-state index in [2.05, 4.69) is 0 Å². The van der Waals surface area contributed by atoms with Gasteiger partial charge in [-0.3, -0.25) is 9.59 Å². The fraction of sp³-hybridized carbons (Fsp3) is 0.939. The first kappa shape index (κ1) is 62.1. The third kappa shape index (κ3) is 22.1. The minimum absolute atomic E-state index is 0.0403. The Morgan fingerprint density at radius 2 is 1.07 bits per heavy atom. The van der Waals surface area contributed by atoms with Crippen molar-refractivity contribution in [3.05, 3.63) is 0 Å². The van der Waals surface area contributed by atoms with Gasteiger partial charge in [-0.05, 0) is 44.4 Å². The minimum atomic E-state index is -1.91. The molecule has 70 heavy (non-hydrogen) atoms. The monoisotopic (exact) mass is 1010 g/mol. The second kappa shape index (κ2) is 33.6. The van der Waals surface area contributed by atoms with Crippen molar-refractivity contribution in [1.29, 1.82) is 0 Å². The molecule has 10 N–H and O–H groups in total. The molecule has 21 nitrogen and oxygen atoms in total. The van der Waals surface area contributed by atoms with Crippen molar-refractivity contribution in [3.63, 3.8) is 0 Å². The highest BCUT2D eigenvalue weighted by molar-refractivity contribution is 5.71. The molecule has 0 aromatic heterocycles. The highest BCUT2D eigenvalue weighted by Gasteiger charge is 2.52. The van der Waals surface area contributed by atoms with Crippen molar-refractivity contribution in [2.24, 2.45) is 5.92 Å². The lowest BCUT2D eigenvalue weighted by atomic mass is 9.98. The van der Waals surface area contributed by atoms with Crippen LogP contribution < -0.4 is 0 Å². The van der Waals surface area contributed by atoms with E-state index in [1.165, 1.54) is 0 Å². The van der Waals surface area contributed by atoms with Crippen LogP contribution in [0.25, 0.3) is 0 Å². The molecule has 0 radical (unpaired) electrons. The molecule has 17 atom stereocenters. The van der Waals surface area contributed by atoms with Gasteiger partial charge in [-0.2, -0.15) is 0 Å². The molecule has 0 saturated carbocycles. The molecule has 0 amide bonds. The van der Waals surface area contributed by atoms with E-state index in [1.54, 1.807) is 13.8 Å². The second-order valence-corrected chi connectivity index (χ2v) is 19.7. The fourth-order valence-electron chi connectivity index (χ4n) is 8.85. The smallest absolute Gasteiger partial charge is 0.332 e. The van der Waals surface area contributed by atoms with Crippen LogP contribution in [-0.2, 0) is 52.3 Å². The van der Waals surface area contributed by atoms with Crippen molar-refractivity contribution in [2.45, 2.75) is 267 Å². The quantitative estimate of drug-likeness (QED) is 0.0321. The molecular formula is C49H88O21. The van der Waals surface area contributed by atoms with Crippen molar-refractivity contribution in [3.8, 4) is 0 Å². The Balaban J connectivity index is 1.52. The molecule has 3 rings (SSSR count). The summed E-state index contributed by atoms with van der Waals surface area (Å²) >= 11 is 0. The van der Waals surface area contributed by atoms with Crippen molar-refractivity contribution in [1.82, 2.24) is 0 Å². The number of carboxylic acids is 1. The van der Waals surface area contributed by atoms with E-state index in [0.717, 1.165) is 96.8 Å². The molecule has 3 aliphatic rings. The molecule has 0 aromatic carbocycles. The number of aliphatic hydroxyl groups excluding tert-OH is 9. The average molecular weight is 1010 g/mol. The number of hydrogen-bond donors (Lipinski definition) is 10. The van der Waals surface area contributed by atoms with E-state index in [1.807, 2.05) is 6.92 Å². The molecule has 3 unspecified atom stereocenters. The first-order valence-electron chi connectivity index (χ1n) is 25.9. The van der Waals surface area contributed by atoms with E-state index in [9.17, 15) is 60.3 Å². The number of ether oxygens (including phenoxy) is 8. The summed E-state index contributed by atoms with van der Waals surface area (Å²) in [5.41, 5.74) is 0. The predicted octanol–water partition coefficient (Wildman–Crippen LogP) is 2.26. The van der Waals surface area contributed by atoms with E-state index in [4.69, 9.17) is 43.0 Å². The number of esters is 2. The number of carbonyl (C=O) groups excluding carboxylic acids is 2. The summed E-state index contributed by atoms with van der Waals surface area (Å²) in [4.78, 5) is 35.0. The van der Waals surface area contributed by atoms with E-state index >= 15 is 0 Å². The standard InChI is InChI=1S/C49H88O21/c1-5-6-20-31(21-19-24-33(52)32(51)22-17-15-13-11-9-7-8-10-12-14-16-18-23-34(53)46(61)62)67-48-44(39(57)35(54)26-64-48)70-49-45(40(58)36(55)27-65-49)69-47-42(60)41(59)43(66-30(4)50)37(68-47)28-63-38(56)25-29(2)3/h29,31-37,39-45,47-49,51-55,57-60H,5-28H2,1-4H3,(H,61,62)/t31-,32-,33+,34+,35+,36+,37?,39?,40-,41+,42+,43+,44+,45+,47-,48-,49?/m1/s1. The lowest BCUT2D eigenvalue weighted by Gasteiger charge is -2.46. The molecule has 0 spiro atoms. The van der Waals surface area contributed by atoms with Gasteiger partial charge in [0.05, 0.1) is 31.5 Å². The number of carboxylic acid groups (broad SMARTS) is 1. The van der Waals surface area contributed by atoms with Crippen LogP contribution in [0, 0.1) is 5.92 Å².